The molecule has 0 saturated carbocycles. The van der Waals surface area contributed by atoms with Crippen molar-refractivity contribution in [3.63, 3.8) is 0 Å². The summed E-state index contributed by atoms with van der Waals surface area (Å²) in [5, 5.41) is 6.18. The number of carbonyl (C=O) groups excluding carboxylic acids is 2. The SMILES string of the molecule is CCC1CCCN(C(C)(C)CNC(=O)C2CCN(C(=O)Nc3cccc(C)c3)CC2)C1. The van der Waals surface area contributed by atoms with E-state index in [-0.39, 0.29) is 23.4 Å². The number of aryl methyl sites for hydroxylation is 1. The van der Waals surface area contributed by atoms with E-state index in [1.165, 1.54) is 19.3 Å². The lowest BCUT2D eigenvalue weighted by molar-refractivity contribution is -0.126. The van der Waals surface area contributed by atoms with Crippen LogP contribution < -0.4 is 10.6 Å². The van der Waals surface area contributed by atoms with E-state index < -0.39 is 0 Å². The standard InChI is InChI=1S/C25H40N4O2/c1-5-20-9-7-13-29(17-20)25(3,4)18-26-23(30)21-11-14-28(15-12-21)24(31)27-22-10-6-8-19(2)16-22/h6,8,10,16,20-21H,5,7,9,11-15,17-18H2,1-4H3,(H,26,30)(H,27,31). The highest BCUT2D eigenvalue weighted by atomic mass is 16.2. The first-order valence-electron chi connectivity index (χ1n) is 11.9. The molecule has 0 spiro atoms. The van der Waals surface area contributed by atoms with Crippen molar-refractivity contribution < 1.29 is 9.59 Å². The Morgan fingerprint density at radius 2 is 1.87 bits per heavy atom. The lowest BCUT2D eigenvalue weighted by Gasteiger charge is -2.44. The van der Waals surface area contributed by atoms with Gasteiger partial charge < -0.3 is 15.5 Å². The van der Waals surface area contributed by atoms with E-state index in [2.05, 4.69) is 36.3 Å². The molecular weight excluding hydrogens is 388 g/mol. The Kier molecular flexibility index (Phi) is 7.98. The molecule has 31 heavy (non-hydrogen) atoms. The fraction of sp³-hybridized carbons (Fsp3) is 0.680. The number of hydrogen-bond acceptors (Lipinski definition) is 3. The fourth-order valence-corrected chi connectivity index (χ4v) is 4.78. The third-order valence-corrected chi connectivity index (χ3v) is 7.07. The molecule has 2 aliphatic rings. The first-order valence-corrected chi connectivity index (χ1v) is 11.9. The van der Waals surface area contributed by atoms with Crippen LogP contribution >= 0.6 is 0 Å². The lowest BCUT2D eigenvalue weighted by Crippen LogP contribution is -2.55. The normalized spacial score (nSPS) is 21.0. The predicted molar refractivity (Wildman–Crippen MR) is 126 cm³/mol. The molecule has 0 aliphatic carbocycles. The van der Waals surface area contributed by atoms with E-state index >= 15 is 0 Å². The summed E-state index contributed by atoms with van der Waals surface area (Å²) in [6, 6.07) is 7.73. The van der Waals surface area contributed by atoms with Crippen molar-refractivity contribution in [2.24, 2.45) is 11.8 Å². The molecule has 2 N–H and O–H groups in total. The smallest absolute Gasteiger partial charge is 0.321 e. The second-order valence-electron chi connectivity index (χ2n) is 9.95. The van der Waals surface area contributed by atoms with Crippen LogP contribution in [0.2, 0.25) is 0 Å². The molecule has 0 aromatic heterocycles. The van der Waals surface area contributed by atoms with Gasteiger partial charge in [0.15, 0.2) is 0 Å². The van der Waals surface area contributed by atoms with Gasteiger partial charge >= 0.3 is 6.03 Å². The maximum Gasteiger partial charge on any atom is 0.321 e. The number of hydrogen-bond donors (Lipinski definition) is 2. The highest BCUT2D eigenvalue weighted by molar-refractivity contribution is 5.89. The van der Waals surface area contributed by atoms with Gasteiger partial charge in [-0.25, -0.2) is 4.79 Å². The summed E-state index contributed by atoms with van der Waals surface area (Å²) < 4.78 is 0. The van der Waals surface area contributed by atoms with Crippen LogP contribution in [0.1, 0.15) is 58.4 Å². The highest BCUT2D eigenvalue weighted by Crippen LogP contribution is 2.26. The zero-order valence-corrected chi connectivity index (χ0v) is 19.7. The van der Waals surface area contributed by atoms with Crippen molar-refractivity contribution in [1.29, 1.82) is 0 Å². The molecule has 0 radical (unpaired) electrons. The summed E-state index contributed by atoms with van der Waals surface area (Å²) >= 11 is 0. The maximum atomic E-state index is 12.8. The van der Waals surface area contributed by atoms with Crippen LogP contribution in [0.25, 0.3) is 0 Å². The monoisotopic (exact) mass is 428 g/mol. The summed E-state index contributed by atoms with van der Waals surface area (Å²) in [4.78, 5) is 29.7. The molecule has 2 saturated heterocycles. The van der Waals surface area contributed by atoms with Crippen molar-refractivity contribution in [3.05, 3.63) is 29.8 Å². The molecule has 1 atom stereocenters. The van der Waals surface area contributed by atoms with Gasteiger partial charge in [-0.2, -0.15) is 0 Å². The summed E-state index contributed by atoms with van der Waals surface area (Å²) in [5.41, 5.74) is 1.90. The number of nitrogens with one attached hydrogen (secondary N) is 2. The molecular formula is C25H40N4O2. The molecule has 2 aliphatic heterocycles. The van der Waals surface area contributed by atoms with Crippen LogP contribution in [-0.2, 0) is 4.79 Å². The third-order valence-electron chi connectivity index (χ3n) is 7.07. The molecule has 3 rings (SSSR count). The van der Waals surface area contributed by atoms with Gasteiger partial charge in [0, 0.05) is 43.3 Å². The Hall–Kier alpha value is -2.08. The minimum atomic E-state index is -0.0823. The highest BCUT2D eigenvalue weighted by Gasteiger charge is 2.33. The molecule has 2 heterocycles. The number of amides is 3. The Morgan fingerprint density at radius 3 is 2.55 bits per heavy atom. The first-order chi connectivity index (χ1) is 14.8. The van der Waals surface area contributed by atoms with Crippen LogP contribution in [0, 0.1) is 18.8 Å². The minimum Gasteiger partial charge on any atom is -0.354 e. The first kappa shape index (κ1) is 23.6. The fourth-order valence-electron chi connectivity index (χ4n) is 4.78. The van der Waals surface area contributed by atoms with Gasteiger partial charge in [0.1, 0.15) is 0 Å². The minimum absolute atomic E-state index is 0.0106. The summed E-state index contributed by atoms with van der Waals surface area (Å²) in [7, 11) is 0. The second kappa shape index (κ2) is 10.5. The lowest BCUT2D eigenvalue weighted by atomic mass is 9.90. The Balaban J connectivity index is 1.43. The van der Waals surface area contributed by atoms with Gasteiger partial charge in [-0.3, -0.25) is 9.69 Å². The van der Waals surface area contributed by atoms with Gasteiger partial charge in [-0.1, -0.05) is 25.5 Å². The van der Waals surface area contributed by atoms with Crippen LogP contribution in [0.3, 0.4) is 0 Å². The van der Waals surface area contributed by atoms with E-state index in [0.717, 1.165) is 43.1 Å². The van der Waals surface area contributed by atoms with Crippen molar-refractivity contribution in [2.75, 3.05) is 38.0 Å². The van der Waals surface area contributed by atoms with Crippen LogP contribution in [0.5, 0.6) is 0 Å². The Labute approximate surface area is 187 Å². The van der Waals surface area contributed by atoms with E-state index in [4.69, 9.17) is 0 Å². The van der Waals surface area contributed by atoms with Crippen molar-refractivity contribution in [1.82, 2.24) is 15.1 Å². The third kappa shape index (κ3) is 6.45. The molecule has 1 unspecified atom stereocenters. The van der Waals surface area contributed by atoms with Crippen molar-refractivity contribution in [3.8, 4) is 0 Å². The number of likely N-dealkylation sites (tertiary alicyclic amines) is 2. The average molecular weight is 429 g/mol. The van der Waals surface area contributed by atoms with E-state index in [0.29, 0.717) is 19.6 Å². The Bertz CT molecular complexity index is 756. The van der Waals surface area contributed by atoms with Gasteiger partial charge in [-0.15, -0.1) is 0 Å². The van der Waals surface area contributed by atoms with Crippen molar-refractivity contribution in [2.45, 2.75) is 65.3 Å². The number of anilines is 1. The van der Waals surface area contributed by atoms with Crippen LogP contribution in [0.15, 0.2) is 24.3 Å². The van der Waals surface area contributed by atoms with E-state index in [9.17, 15) is 9.59 Å². The molecule has 2 fully saturated rings. The summed E-state index contributed by atoms with van der Waals surface area (Å²) in [6.45, 7) is 12.9. The van der Waals surface area contributed by atoms with Crippen LogP contribution in [-0.4, -0.2) is 60.0 Å². The topological polar surface area (TPSA) is 64.7 Å². The molecule has 6 nitrogen and oxygen atoms in total. The second-order valence-corrected chi connectivity index (χ2v) is 9.95. The van der Waals surface area contributed by atoms with E-state index in [1.54, 1.807) is 0 Å². The van der Waals surface area contributed by atoms with Gasteiger partial charge in [-0.05, 0) is 76.6 Å². The zero-order chi connectivity index (χ0) is 22.4. The quantitative estimate of drug-likeness (QED) is 0.712. The summed E-state index contributed by atoms with van der Waals surface area (Å²) in [5.74, 6) is 0.901. The zero-order valence-electron chi connectivity index (χ0n) is 19.7. The number of nitrogens with zero attached hydrogens (tertiary/aromatic N) is 2. The number of piperidine rings is 2. The van der Waals surface area contributed by atoms with Gasteiger partial charge in [0.25, 0.3) is 0 Å². The molecule has 172 valence electrons. The molecule has 1 aromatic carbocycles. The molecule has 3 amide bonds. The molecule has 1 aromatic rings. The Morgan fingerprint density at radius 1 is 1.13 bits per heavy atom. The van der Waals surface area contributed by atoms with Gasteiger partial charge in [0.05, 0.1) is 0 Å². The number of carbonyl (C=O) groups is 2. The average Bonchev–Trinajstić information content (AvgIpc) is 2.77. The predicted octanol–water partition coefficient (Wildman–Crippen LogP) is 4.26. The van der Waals surface area contributed by atoms with E-state index in [1.807, 2.05) is 36.1 Å². The summed E-state index contributed by atoms with van der Waals surface area (Å²) in [6.07, 6.45) is 5.24. The molecule has 0 bridgehead atoms. The van der Waals surface area contributed by atoms with Crippen molar-refractivity contribution >= 4 is 17.6 Å². The van der Waals surface area contributed by atoms with Gasteiger partial charge in [0.2, 0.25) is 5.91 Å². The molecule has 6 heteroatoms. The number of urea groups is 1. The number of benzene rings is 1. The maximum absolute atomic E-state index is 12.8. The largest absolute Gasteiger partial charge is 0.354 e. The van der Waals surface area contributed by atoms with Crippen LogP contribution in [0.4, 0.5) is 10.5 Å². The number of rotatable bonds is 6.